The number of hydrogen-bond donors (Lipinski definition) is 3. The number of amides is 2. The zero-order chi connectivity index (χ0) is 14.3. The van der Waals surface area contributed by atoms with E-state index in [4.69, 9.17) is 5.73 Å². The molecule has 106 valence electrons. The number of nitrogens with one attached hydrogen (secondary N) is 2. The summed E-state index contributed by atoms with van der Waals surface area (Å²) in [6.07, 6.45) is -4.35. The first-order valence-electron chi connectivity index (χ1n) is 5.42. The number of urea groups is 1. The fourth-order valence-electron chi connectivity index (χ4n) is 1.17. The molecule has 2 amide bonds. The molecule has 5 nitrogen and oxygen atoms in total. The molecule has 0 saturated carbocycles. The number of ether oxygens (including phenoxy) is 1. The summed E-state index contributed by atoms with van der Waals surface area (Å²) in [5.41, 5.74) is 6.56. The van der Waals surface area contributed by atoms with Crippen LogP contribution in [0, 0.1) is 0 Å². The maximum atomic E-state index is 11.7. The smallest absolute Gasteiger partial charge is 0.399 e. The Morgan fingerprint density at radius 1 is 1.26 bits per heavy atom. The first kappa shape index (κ1) is 15.1. The molecule has 0 atom stereocenters. The molecule has 0 aliphatic rings. The van der Waals surface area contributed by atoms with Crippen LogP contribution in [0.15, 0.2) is 24.3 Å². The number of carbonyl (C=O) groups is 1. The summed E-state index contributed by atoms with van der Waals surface area (Å²) < 4.78 is 39.5. The first-order valence-corrected chi connectivity index (χ1v) is 5.42. The molecule has 0 saturated heterocycles. The maximum Gasteiger partial charge on any atom is 0.411 e. The topological polar surface area (TPSA) is 76.4 Å². The zero-order valence-electron chi connectivity index (χ0n) is 9.96. The van der Waals surface area contributed by atoms with Crippen LogP contribution in [0.2, 0.25) is 0 Å². The summed E-state index contributed by atoms with van der Waals surface area (Å²) in [6, 6.07) is 5.91. The lowest BCUT2D eigenvalue weighted by Crippen LogP contribution is -2.32. The Kier molecular flexibility index (Phi) is 5.43. The van der Waals surface area contributed by atoms with Gasteiger partial charge >= 0.3 is 12.2 Å². The highest BCUT2D eigenvalue weighted by molar-refractivity contribution is 5.89. The Morgan fingerprint density at radius 2 is 1.89 bits per heavy atom. The van der Waals surface area contributed by atoms with Crippen LogP contribution < -0.4 is 16.4 Å². The van der Waals surface area contributed by atoms with E-state index in [0.717, 1.165) is 0 Å². The van der Waals surface area contributed by atoms with Crippen LogP contribution in [0.25, 0.3) is 0 Å². The molecule has 0 heterocycles. The average molecular weight is 277 g/mol. The minimum Gasteiger partial charge on any atom is -0.399 e. The standard InChI is InChI=1S/C11H14F3N3O2/c12-11(13,14)7-19-6-5-16-10(18)17-9-3-1-8(15)2-4-9/h1-4H,5-7,15H2,(H2,16,17,18). The second kappa shape index (κ2) is 6.83. The molecule has 1 aromatic carbocycles. The largest absolute Gasteiger partial charge is 0.411 e. The van der Waals surface area contributed by atoms with E-state index in [-0.39, 0.29) is 13.2 Å². The lowest BCUT2D eigenvalue weighted by molar-refractivity contribution is -0.173. The predicted molar refractivity (Wildman–Crippen MR) is 64.7 cm³/mol. The van der Waals surface area contributed by atoms with Crippen LogP contribution in [-0.4, -0.2) is 32.0 Å². The van der Waals surface area contributed by atoms with Crippen molar-refractivity contribution >= 4 is 17.4 Å². The summed E-state index contributed by atoms with van der Waals surface area (Å²) in [5, 5.41) is 4.85. The Balaban J connectivity index is 2.16. The number of rotatable bonds is 5. The van der Waals surface area contributed by atoms with Gasteiger partial charge in [-0.3, -0.25) is 0 Å². The average Bonchev–Trinajstić information content (AvgIpc) is 2.30. The molecular weight excluding hydrogens is 263 g/mol. The minimum absolute atomic E-state index is 0.0170. The van der Waals surface area contributed by atoms with Gasteiger partial charge in [0.2, 0.25) is 0 Å². The second-order valence-electron chi connectivity index (χ2n) is 3.67. The lowest BCUT2D eigenvalue weighted by Gasteiger charge is -2.09. The van der Waals surface area contributed by atoms with E-state index >= 15 is 0 Å². The van der Waals surface area contributed by atoms with Gasteiger partial charge in [-0.05, 0) is 24.3 Å². The molecule has 0 spiro atoms. The van der Waals surface area contributed by atoms with Crippen molar-refractivity contribution in [3.8, 4) is 0 Å². The summed E-state index contributed by atoms with van der Waals surface area (Å²) in [6.45, 7) is -1.56. The van der Waals surface area contributed by atoms with E-state index in [1.165, 1.54) is 0 Å². The van der Waals surface area contributed by atoms with Gasteiger partial charge in [0.15, 0.2) is 0 Å². The Hall–Kier alpha value is -1.96. The third kappa shape index (κ3) is 7.14. The van der Waals surface area contributed by atoms with Crippen LogP contribution in [-0.2, 0) is 4.74 Å². The molecule has 19 heavy (non-hydrogen) atoms. The fourth-order valence-corrected chi connectivity index (χ4v) is 1.17. The van der Waals surface area contributed by atoms with Crippen molar-refractivity contribution in [1.82, 2.24) is 5.32 Å². The number of nitrogen functional groups attached to an aromatic ring is 1. The number of halogens is 3. The van der Waals surface area contributed by atoms with Gasteiger partial charge in [-0.1, -0.05) is 0 Å². The van der Waals surface area contributed by atoms with Gasteiger partial charge in [0.25, 0.3) is 0 Å². The molecule has 0 radical (unpaired) electrons. The van der Waals surface area contributed by atoms with E-state index in [9.17, 15) is 18.0 Å². The normalized spacial score (nSPS) is 11.1. The van der Waals surface area contributed by atoms with Crippen LogP contribution >= 0.6 is 0 Å². The third-order valence-electron chi connectivity index (χ3n) is 1.97. The number of benzene rings is 1. The number of carbonyl (C=O) groups excluding carboxylic acids is 1. The molecule has 0 aliphatic heterocycles. The Morgan fingerprint density at radius 3 is 2.47 bits per heavy atom. The third-order valence-corrected chi connectivity index (χ3v) is 1.97. The Bertz CT molecular complexity index is 407. The molecule has 1 aromatic rings. The quantitative estimate of drug-likeness (QED) is 0.569. The fraction of sp³-hybridized carbons (Fsp3) is 0.364. The first-order chi connectivity index (χ1) is 8.87. The number of anilines is 2. The van der Waals surface area contributed by atoms with E-state index in [1.54, 1.807) is 24.3 Å². The molecule has 8 heteroatoms. The molecule has 4 N–H and O–H groups in total. The Labute approximate surface area is 107 Å². The van der Waals surface area contributed by atoms with Crippen molar-refractivity contribution in [2.45, 2.75) is 6.18 Å². The summed E-state index contributed by atoms with van der Waals surface area (Å²) in [4.78, 5) is 11.3. The van der Waals surface area contributed by atoms with Crippen molar-refractivity contribution in [1.29, 1.82) is 0 Å². The van der Waals surface area contributed by atoms with E-state index in [2.05, 4.69) is 15.4 Å². The highest BCUT2D eigenvalue weighted by Gasteiger charge is 2.27. The number of alkyl halides is 3. The highest BCUT2D eigenvalue weighted by Crippen LogP contribution is 2.14. The van der Waals surface area contributed by atoms with Crippen LogP contribution in [0.3, 0.4) is 0 Å². The predicted octanol–water partition coefficient (Wildman–Crippen LogP) is 1.97. The van der Waals surface area contributed by atoms with Gasteiger partial charge in [-0.15, -0.1) is 0 Å². The molecular formula is C11H14F3N3O2. The van der Waals surface area contributed by atoms with Crippen molar-refractivity contribution in [2.75, 3.05) is 30.8 Å². The summed E-state index contributed by atoms with van der Waals surface area (Å²) in [5.74, 6) is 0. The van der Waals surface area contributed by atoms with Gasteiger partial charge in [-0.2, -0.15) is 13.2 Å². The van der Waals surface area contributed by atoms with E-state index in [0.29, 0.717) is 11.4 Å². The lowest BCUT2D eigenvalue weighted by atomic mass is 10.3. The van der Waals surface area contributed by atoms with Crippen LogP contribution in [0.5, 0.6) is 0 Å². The van der Waals surface area contributed by atoms with Crippen LogP contribution in [0.4, 0.5) is 29.3 Å². The van der Waals surface area contributed by atoms with Crippen LogP contribution in [0.1, 0.15) is 0 Å². The molecule has 0 fully saturated rings. The molecule has 0 unspecified atom stereocenters. The monoisotopic (exact) mass is 277 g/mol. The van der Waals surface area contributed by atoms with Crippen molar-refractivity contribution < 1.29 is 22.7 Å². The number of nitrogens with two attached hydrogens (primary N) is 1. The highest BCUT2D eigenvalue weighted by atomic mass is 19.4. The van der Waals surface area contributed by atoms with Crippen molar-refractivity contribution in [3.05, 3.63) is 24.3 Å². The minimum atomic E-state index is -4.35. The molecule has 0 bridgehead atoms. The van der Waals surface area contributed by atoms with E-state index in [1.807, 2.05) is 0 Å². The summed E-state index contributed by atoms with van der Waals surface area (Å²) >= 11 is 0. The van der Waals surface area contributed by atoms with E-state index < -0.39 is 18.8 Å². The van der Waals surface area contributed by atoms with Gasteiger partial charge in [0.1, 0.15) is 6.61 Å². The molecule has 0 aromatic heterocycles. The van der Waals surface area contributed by atoms with Gasteiger partial charge in [0, 0.05) is 17.9 Å². The number of hydrogen-bond acceptors (Lipinski definition) is 3. The molecule has 0 aliphatic carbocycles. The molecule has 1 rings (SSSR count). The van der Waals surface area contributed by atoms with Crippen molar-refractivity contribution in [3.63, 3.8) is 0 Å². The SMILES string of the molecule is Nc1ccc(NC(=O)NCCOCC(F)(F)F)cc1. The van der Waals surface area contributed by atoms with Gasteiger partial charge in [-0.25, -0.2) is 4.79 Å². The second-order valence-corrected chi connectivity index (χ2v) is 3.67. The van der Waals surface area contributed by atoms with Crippen molar-refractivity contribution in [2.24, 2.45) is 0 Å². The summed E-state index contributed by atoms with van der Waals surface area (Å²) in [7, 11) is 0. The zero-order valence-corrected chi connectivity index (χ0v) is 9.96. The van der Waals surface area contributed by atoms with Gasteiger partial charge < -0.3 is 21.1 Å². The maximum absolute atomic E-state index is 11.7. The van der Waals surface area contributed by atoms with Gasteiger partial charge in [0.05, 0.1) is 6.61 Å².